The Morgan fingerprint density at radius 2 is 1.88 bits per heavy atom. The van der Waals surface area contributed by atoms with Crippen molar-refractivity contribution >= 4 is 34.8 Å². The number of piperidine rings is 1. The van der Waals surface area contributed by atoms with Crippen LogP contribution in [-0.4, -0.2) is 80.7 Å². The number of aromatic nitrogens is 1. The normalized spacial score (nSPS) is 24.5. The molecule has 0 bridgehead atoms. The van der Waals surface area contributed by atoms with Crippen molar-refractivity contribution in [2.24, 2.45) is 4.99 Å². The first-order valence-corrected chi connectivity index (χ1v) is 20.6. The van der Waals surface area contributed by atoms with Gasteiger partial charge in [0.1, 0.15) is 30.6 Å². The molecule has 11 heteroatoms. The molecule has 1 unspecified atom stereocenters. The van der Waals surface area contributed by atoms with E-state index in [1.54, 1.807) is 18.2 Å². The Bertz CT molecular complexity index is 2340. The van der Waals surface area contributed by atoms with Gasteiger partial charge in [0.05, 0.1) is 21.8 Å². The van der Waals surface area contributed by atoms with Gasteiger partial charge in [-0.25, -0.2) is 4.39 Å². The topological polar surface area (TPSA) is 114 Å². The minimum absolute atomic E-state index is 0.0448. The number of non-ortho nitro benzene ring substituents is 1. The molecule has 4 aliphatic rings. The van der Waals surface area contributed by atoms with E-state index in [0.29, 0.717) is 61.5 Å². The highest BCUT2D eigenvalue weighted by atomic mass is 19.1. The van der Waals surface area contributed by atoms with Crippen LogP contribution in [-0.2, 0) is 11.2 Å². The Morgan fingerprint density at radius 1 is 1.11 bits per heavy atom. The lowest BCUT2D eigenvalue weighted by molar-refractivity contribution is -0.384. The Morgan fingerprint density at radius 3 is 2.60 bits per heavy atom. The van der Waals surface area contributed by atoms with Gasteiger partial charge in [0.15, 0.2) is 5.90 Å². The van der Waals surface area contributed by atoms with Crippen LogP contribution < -0.4 is 15.2 Å². The van der Waals surface area contributed by atoms with E-state index in [1.165, 1.54) is 17.7 Å². The Hall–Kier alpha value is -4.87. The minimum atomic E-state index is -0.876. The van der Waals surface area contributed by atoms with Gasteiger partial charge in [-0.1, -0.05) is 25.6 Å². The third kappa shape index (κ3) is 7.76. The van der Waals surface area contributed by atoms with E-state index >= 15 is 4.39 Å². The van der Waals surface area contributed by atoms with Crippen LogP contribution >= 0.6 is 0 Å². The molecule has 3 aliphatic heterocycles. The molecule has 0 amide bonds. The first-order valence-electron chi connectivity index (χ1n) is 20.6. The standard InChI is InChI=1S/C46H54FN5O5/c1-6-38-41(47)16-11-33-23-34(32-9-10-32)24-39(42(33)38)43-30(3)29(2)40(25-48-43)44(50-21-7-18-45(5,53)27-50)49-31(4)57-28-46-19-8-22-51(46)36(17-20-46)26-56-37-14-12-35(13-15-37)52(54)55/h11-16,23-25,32,36,53H,2,6-10,17-22,26-28H2,1,3-5H3/b44-40+,49-31+/t36?,45-,46+/m1/s1. The fourth-order valence-corrected chi connectivity index (χ4v) is 9.60. The smallest absolute Gasteiger partial charge is 0.269 e. The molecule has 57 heavy (non-hydrogen) atoms. The van der Waals surface area contributed by atoms with Gasteiger partial charge in [0, 0.05) is 55.2 Å². The molecule has 0 radical (unpaired) electrons. The van der Waals surface area contributed by atoms with E-state index in [-0.39, 0.29) is 23.1 Å². The van der Waals surface area contributed by atoms with Gasteiger partial charge in [0.25, 0.3) is 5.69 Å². The number of β-amino-alcohol motifs (C(OH)–C–C–N with tert-alkyl or cyclic N) is 1. The van der Waals surface area contributed by atoms with Gasteiger partial charge in [-0.15, -0.1) is 0 Å². The number of aliphatic imine (C=N–C) groups is 1. The highest BCUT2D eigenvalue weighted by Crippen LogP contribution is 2.45. The summed E-state index contributed by atoms with van der Waals surface area (Å²) in [5, 5.41) is 25.8. The van der Waals surface area contributed by atoms with Crippen LogP contribution in [0.3, 0.4) is 0 Å². The number of benzene rings is 3. The largest absolute Gasteiger partial charge is 0.492 e. The van der Waals surface area contributed by atoms with E-state index in [2.05, 4.69) is 28.5 Å². The maximum Gasteiger partial charge on any atom is 0.269 e. The minimum Gasteiger partial charge on any atom is -0.492 e. The first kappa shape index (κ1) is 39.0. The Balaban J connectivity index is 1.10. The van der Waals surface area contributed by atoms with Gasteiger partial charge < -0.3 is 19.5 Å². The predicted octanol–water partition coefficient (Wildman–Crippen LogP) is 7.53. The summed E-state index contributed by atoms with van der Waals surface area (Å²) >= 11 is 0. The van der Waals surface area contributed by atoms with Gasteiger partial charge in [-0.3, -0.25) is 20.0 Å². The van der Waals surface area contributed by atoms with Crippen LogP contribution in [0.5, 0.6) is 5.75 Å². The maximum absolute atomic E-state index is 15.3. The van der Waals surface area contributed by atoms with Crippen molar-refractivity contribution in [2.75, 3.05) is 32.8 Å². The summed E-state index contributed by atoms with van der Waals surface area (Å²) in [5.41, 5.74) is 3.67. The highest BCUT2D eigenvalue weighted by Gasteiger charge is 2.50. The summed E-state index contributed by atoms with van der Waals surface area (Å²) in [7, 11) is 0. The summed E-state index contributed by atoms with van der Waals surface area (Å²) in [6.07, 6.45) is 10.3. The zero-order valence-electron chi connectivity index (χ0n) is 33.7. The molecule has 4 heterocycles. The second kappa shape index (κ2) is 15.5. The van der Waals surface area contributed by atoms with E-state index in [0.717, 1.165) is 96.1 Å². The number of nitro groups is 1. The molecule has 10 nitrogen and oxygen atoms in total. The number of likely N-dealkylation sites (tertiary alicyclic amines) is 1. The van der Waals surface area contributed by atoms with Crippen LogP contribution in [0.4, 0.5) is 10.1 Å². The molecular weight excluding hydrogens is 722 g/mol. The first-order chi connectivity index (χ1) is 27.4. The number of halogens is 1. The van der Waals surface area contributed by atoms with Crippen LogP contribution in [0.1, 0.15) is 94.7 Å². The maximum atomic E-state index is 15.3. The summed E-state index contributed by atoms with van der Waals surface area (Å²) in [4.78, 5) is 25.6. The molecule has 1 saturated carbocycles. The van der Waals surface area contributed by atoms with E-state index < -0.39 is 10.5 Å². The third-order valence-electron chi connectivity index (χ3n) is 12.9. The summed E-state index contributed by atoms with van der Waals surface area (Å²) in [6, 6.07) is 14.4. The summed E-state index contributed by atoms with van der Waals surface area (Å²) < 4.78 is 28.0. The van der Waals surface area contributed by atoms with Crippen molar-refractivity contribution < 1.29 is 23.9 Å². The number of aliphatic hydroxyl groups is 1. The number of nitrogens with zero attached hydrogens (tertiary/aromatic N) is 5. The molecule has 3 saturated heterocycles. The molecule has 0 spiro atoms. The van der Waals surface area contributed by atoms with Crippen molar-refractivity contribution in [3.63, 3.8) is 0 Å². The van der Waals surface area contributed by atoms with E-state index in [1.807, 2.05) is 40.0 Å². The second-order valence-electron chi connectivity index (χ2n) is 17.0. The summed E-state index contributed by atoms with van der Waals surface area (Å²) in [6.45, 7) is 15.5. The van der Waals surface area contributed by atoms with Crippen molar-refractivity contribution in [1.82, 2.24) is 14.8 Å². The number of rotatable bonds is 11. The van der Waals surface area contributed by atoms with Gasteiger partial charge in [0.2, 0.25) is 0 Å². The molecule has 3 aromatic carbocycles. The molecule has 3 atom stereocenters. The molecular formula is C46H54FN5O5. The third-order valence-corrected chi connectivity index (χ3v) is 12.9. The quantitative estimate of drug-likeness (QED) is 0.0721. The number of fused-ring (bicyclic) bond motifs is 2. The average Bonchev–Trinajstić information content (AvgIpc) is 3.88. The van der Waals surface area contributed by atoms with Crippen molar-refractivity contribution in [2.45, 2.75) is 109 Å². The lowest BCUT2D eigenvalue weighted by Crippen LogP contribution is -2.48. The van der Waals surface area contributed by atoms with Gasteiger partial charge in [-0.2, -0.15) is 4.99 Å². The van der Waals surface area contributed by atoms with Crippen molar-refractivity contribution in [3.8, 4) is 17.0 Å². The van der Waals surface area contributed by atoms with Crippen molar-refractivity contribution in [1.29, 1.82) is 0 Å². The fraction of sp³-hybridized carbons (Fsp3) is 0.478. The monoisotopic (exact) mass is 775 g/mol. The number of hydrogen-bond acceptors (Lipinski definition) is 9. The predicted molar refractivity (Wildman–Crippen MR) is 222 cm³/mol. The summed E-state index contributed by atoms with van der Waals surface area (Å²) in [5.74, 6) is 2.16. The molecule has 1 aliphatic carbocycles. The SMILES string of the molecule is C=c1c(C)c(-c2cc(C3CC3)cc3ccc(F)c(CC)c23)nc/c1=C(/N=C(\C)OC[C@@]12CCCN1C(COc1ccc([N+](=O)[O-])cc1)CC2)N1CCC[C@@](C)(O)C1. The lowest BCUT2D eigenvalue weighted by atomic mass is 9.90. The zero-order valence-corrected chi connectivity index (χ0v) is 33.7. The highest BCUT2D eigenvalue weighted by molar-refractivity contribution is 5.99. The van der Waals surface area contributed by atoms with Gasteiger partial charge in [-0.05, 0) is 141 Å². The number of pyridine rings is 1. The van der Waals surface area contributed by atoms with Crippen LogP contribution in [0.2, 0.25) is 0 Å². The van der Waals surface area contributed by atoms with Crippen molar-refractivity contribution in [3.05, 3.63) is 97.8 Å². The molecule has 4 aromatic rings. The lowest BCUT2D eigenvalue weighted by Gasteiger charge is -2.38. The molecule has 4 fully saturated rings. The number of aryl methyl sites for hydroxylation is 1. The zero-order chi connectivity index (χ0) is 40.1. The fourth-order valence-electron chi connectivity index (χ4n) is 9.60. The van der Waals surface area contributed by atoms with Crippen LogP contribution in [0, 0.1) is 22.9 Å². The molecule has 300 valence electrons. The number of nitro benzene ring substituents is 1. The van der Waals surface area contributed by atoms with Gasteiger partial charge >= 0.3 is 0 Å². The number of ether oxygens (including phenoxy) is 2. The van der Waals surface area contributed by atoms with E-state index in [4.69, 9.17) is 19.5 Å². The Labute approximate surface area is 333 Å². The second-order valence-corrected chi connectivity index (χ2v) is 17.0. The molecule has 1 N–H and O–H groups in total. The van der Waals surface area contributed by atoms with E-state index in [9.17, 15) is 15.2 Å². The Kier molecular flexibility index (Phi) is 10.6. The average molecular weight is 776 g/mol. The molecule has 8 rings (SSSR count). The number of hydrogen-bond donors (Lipinski definition) is 1. The van der Waals surface area contributed by atoms with Crippen LogP contribution in [0.25, 0.3) is 34.4 Å². The molecule has 1 aromatic heterocycles. The van der Waals surface area contributed by atoms with Crippen LogP contribution in [0.15, 0.2) is 59.7 Å².